The van der Waals surface area contributed by atoms with Crippen molar-refractivity contribution in [1.82, 2.24) is 14.8 Å². The fourth-order valence-corrected chi connectivity index (χ4v) is 2.63. The molecule has 0 aliphatic carbocycles. The Bertz CT molecular complexity index is 669. The first-order chi connectivity index (χ1) is 10.6. The van der Waals surface area contributed by atoms with Gasteiger partial charge in [0, 0.05) is 6.42 Å². The summed E-state index contributed by atoms with van der Waals surface area (Å²) < 4.78 is 7.34. The standard InChI is InChI=1S/C15H17N3O4/c1-9(19)11-7-12(22-8-10-5-3-2-4-6-10)14-16-13(15(20)21)17-18(11)14/h2-6,9,11-12,19H,7-8H2,1H3,(H,20,21). The monoisotopic (exact) mass is 303 g/mol. The average molecular weight is 303 g/mol. The highest BCUT2D eigenvalue weighted by molar-refractivity contribution is 5.82. The van der Waals surface area contributed by atoms with Crippen molar-refractivity contribution in [2.45, 2.75) is 38.2 Å². The first-order valence-corrected chi connectivity index (χ1v) is 7.09. The molecule has 0 radical (unpaired) electrons. The van der Waals surface area contributed by atoms with Gasteiger partial charge < -0.3 is 14.9 Å². The maximum Gasteiger partial charge on any atom is 0.375 e. The van der Waals surface area contributed by atoms with E-state index in [2.05, 4.69) is 10.1 Å². The lowest BCUT2D eigenvalue weighted by Gasteiger charge is -2.15. The summed E-state index contributed by atoms with van der Waals surface area (Å²) in [5.74, 6) is -0.999. The number of carbonyl (C=O) groups is 1. The smallest absolute Gasteiger partial charge is 0.375 e. The molecule has 22 heavy (non-hydrogen) atoms. The third-order valence-corrected chi connectivity index (χ3v) is 3.76. The first-order valence-electron chi connectivity index (χ1n) is 7.09. The zero-order valence-electron chi connectivity index (χ0n) is 12.1. The number of rotatable bonds is 5. The van der Waals surface area contributed by atoms with E-state index >= 15 is 0 Å². The average Bonchev–Trinajstić information content (AvgIpc) is 3.05. The predicted octanol–water partition coefficient (Wildman–Crippen LogP) is 1.56. The zero-order chi connectivity index (χ0) is 15.7. The molecule has 3 rings (SSSR count). The van der Waals surface area contributed by atoms with Gasteiger partial charge in [0.1, 0.15) is 6.10 Å². The van der Waals surface area contributed by atoms with Crippen molar-refractivity contribution in [3.63, 3.8) is 0 Å². The lowest BCUT2D eigenvalue weighted by molar-refractivity contribution is 0.0255. The highest BCUT2D eigenvalue weighted by atomic mass is 16.5. The normalized spacial score (nSPS) is 21.5. The van der Waals surface area contributed by atoms with Crippen molar-refractivity contribution in [3.8, 4) is 0 Å². The van der Waals surface area contributed by atoms with Gasteiger partial charge in [0.15, 0.2) is 5.82 Å². The Labute approximate surface area is 127 Å². The van der Waals surface area contributed by atoms with Crippen molar-refractivity contribution in [3.05, 3.63) is 47.5 Å². The van der Waals surface area contributed by atoms with Gasteiger partial charge in [-0.3, -0.25) is 0 Å². The maximum atomic E-state index is 11.0. The molecule has 1 aliphatic heterocycles. The van der Waals surface area contributed by atoms with Crippen LogP contribution in [0.15, 0.2) is 30.3 Å². The van der Waals surface area contributed by atoms with E-state index in [1.54, 1.807) is 6.92 Å². The number of ether oxygens (including phenoxy) is 1. The van der Waals surface area contributed by atoms with Gasteiger partial charge in [-0.2, -0.15) is 0 Å². The summed E-state index contributed by atoms with van der Waals surface area (Å²) >= 11 is 0. The van der Waals surface area contributed by atoms with E-state index in [9.17, 15) is 9.90 Å². The third kappa shape index (κ3) is 2.72. The number of aromatic nitrogens is 3. The number of hydrogen-bond donors (Lipinski definition) is 2. The van der Waals surface area contributed by atoms with E-state index in [0.717, 1.165) is 5.56 Å². The van der Waals surface area contributed by atoms with Gasteiger partial charge in [-0.15, -0.1) is 5.10 Å². The lowest BCUT2D eigenvalue weighted by atomic mass is 10.1. The molecule has 116 valence electrons. The molecule has 2 heterocycles. The number of nitrogens with zero attached hydrogens (tertiary/aromatic N) is 3. The summed E-state index contributed by atoms with van der Waals surface area (Å²) in [6.45, 7) is 2.05. The summed E-state index contributed by atoms with van der Waals surface area (Å²) in [7, 11) is 0. The first kappa shape index (κ1) is 14.7. The number of aliphatic hydroxyl groups is 1. The van der Waals surface area contributed by atoms with Crippen LogP contribution in [0.5, 0.6) is 0 Å². The Morgan fingerprint density at radius 2 is 2.18 bits per heavy atom. The van der Waals surface area contributed by atoms with E-state index in [0.29, 0.717) is 18.9 Å². The molecule has 0 fully saturated rings. The SMILES string of the molecule is CC(O)C1CC(OCc2ccccc2)c2nc(C(=O)O)nn21. The molecule has 1 aromatic carbocycles. The van der Waals surface area contributed by atoms with E-state index in [1.807, 2.05) is 30.3 Å². The topological polar surface area (TPSA) is 97.5 Å². The minimum atomic E-state index is -1.19. The Balaban J connectivity index is 1.80. The molecule has 0 bridgehead atoms. The molecule has 3 unspecified atom stereocenters. The van der Waals surface area contributed by atoms with E-state index < -0.39 is 12.1 Å². The molecule has 2 N–H and O–H groups in total. The second-order valence-corrected chi connectivity index (χ2v) is 5.37. The number of aromatic carboxylic acids is 1. The van der Waals surface area contributed by atoms with Crippen LogP contribution in [0.3, 0.4) is 0 Å². The molecule has 1 aromatic heterocycles. The van der Waals surface area contributed by atoms with Crippen molar-refractivity contribution in [2.24, 2.45) is 0 Å². The van der Waals surface area contributed by atoms with Gasteiger partial charge in [0.25, 0.3) is 5.82 Å². The van der Waals surface area contributed by atoms with Gasteiger partial charge in [-0.1, -0.05) is 30.3 Å². The van der Waals surface area contributed by atoms with Crippen LogP contribution in [0.2, 0.25) is 0 Å². The van der Waals surface area contributed by atoms with Crippen LogP contribution >= 0.6 is 0 Å². The summed E-state index contributed by atoms with van der Waals surface area (Å²) in [4.78, 5) is 15.1. The van der Waals surface area contributed by atoms with E-state index in [4.69, 9.17) is 9.84 Å². The van der Waals surface area contributed by atoms with Crippen LogP contribution in [0.1, 0.15) is 47.5 Å². The highest BCUT2D eigenvalue weighted by Gasteiger charge is 2.38. The molecule has 2 aromatic rings. The fraction of sp³-hybridized carbons (Fsp3) is 0.400. The van der Waals surface area contributed by atoms with Crippen LogP contribution in [0, 0.1) is 0 Å². The summed E-state index contributed by atoms with van der Waals surface area (Å²) in [6.07, 6.45) is -0.507. The van der Waals surface area contributed by atoms with Crippen LogP contribution in [0.25, 0.3) is 0 Å². The second kappa shape index (κ2) is 5.86. The van der Waals surface area contributed by atoms with Gasteiger partial charge in [-0.05, 0) is 12.5 Å². The molecule has 0 spiro atoms. The molecular formula is C15H17N3O4. The summed E-state index contributed by atoms with van der Waals surface area (Å²) in [5.41, 5.74) is 1.02. The fourth-order valence-electron chi connectivity index (χ4n) is 2.63. The van der Waals surface area contributed by atoms with Crippen LogP contribution in [-0.2, 0) is 11.3 Å². The van der Waals surface area contributed by atoms with E-state index in [-0.39, 0.29) is 18.0 Å². The minimum absolute atomic E-state index is 0.270. The molecule has 0 amide bonds. The molecular weight excluding hydrogens is 286 g/mol. The maximum absolute atomic E-state index is 11.0. The third-order valence-electron chi connectivity index (χ3n) is 3.76. The van der Waals surface area contributed by atoms with Crippen molar-refractivity contribution < 1.29 is 19.7 Å². The Hall–Kier alpha value is -2.25. The largest absolute Gasteiger partial charge is 0.475 e. The minimum Gasteiger partial charge on any atom is -0.475 e. The molecule has 0 saturated heterocycles. The number of aliphatic hydroxyl groups excluding tert-OH is 1. The number of benzene rings is 1. The second-order valence-electron chi connectivity index (χ2n) is 5.37. The molecule has 7 heteroatoms. The van der Waals surface area contributed by atoms with Crippen LogP contribution in [-0.4, -0.2) is 37.1 Å². The molecule has 0 saturated carbocycles. The zero-order valence-corrected chi connectivity index (χ0v) is 12.1. The lowest BCUT2D eigenvalue weighted by Crippen LogP contribution is -2.19. The summed E-state index contributed by atoms with van der Waals surface area (Å²) in [5, 5.41) is 22.8. The number of fused-ring (bicyclic) bond motifs is 1. The Kier molecular flexibility index (Phi) is 3.91. The number of carboxylic acid groups (broad SMARTS) is 1. The van der Waals surface area contributed by atoms with Crippen LogP contribution in [0.4, 0.5) is 0 Å². The number of hydrogen-bond acceptors (Lipinski definition) is 5. The van der Waals surface area contributed by atoms with Crippen molar-refractivity contribution in [1.29, 1.82) is 0 Å². The van der Waals surface area contributed by atoms with Gasteiger partial charge >= 0.3 is 5.97 Å². The van der Waals surface area contributed by atoms with Crippen molar-refractivity contribution >= 4 is 5.97 Å². The molecule has 7 nitrogen and oxygen atoms in total. The van der Waals surface area contributed by atoms with Crippen molar-refractivity contribution in [2.75, 3.05) is 0 Å². The Morgan fingerprint density at radius 1 is 1.45 bits per heavy atom. The van der Waals surface area contributed by atoms with Gasteiger partial charge in [-0.25, -0.2) is 14.5 Å². The quantitative estimate of drug-likeness (QED) is 0.870. The molecule has 3 atom stereocenters. The van der Waals surface area contributed by atoms with Crippen LogP contribution < -0.4 is 0 Å². The number of carboxylic acids is 1. The predicted molar refractivity (Wildman–Crippen MR) is 76.3 cm³/mol. The molecule has 1 aliphatic rings. The van der Waals surface area contributed by atoms with Gasteiger partial charge in [0.2, 0.25) is 0 Å². The Morgan fingerprint density at radius 3 is 2.82 bits per heavy atom. The van der Waals surface area contributed by atoms with Gasteiger partial charge in [0.05, 0.1) is 18.8 Å². The highest BCUT2D eigenvalue weighted by Crippen LogP contribution is 2.37. The summed E-state index contributed by atoms with van der Waals surface area (Å²) in [6, 6.07) is 9.37. The van der Waals surface area contributed by atoms with E-state index in [1.165, 1.54) is 4.68 Å².